The highest BCUT2D eigenvalue weighted by molar-refractivity contribution is 6.41. The lowest BCUT2D eigenvalue weighted by molar-refractivity contribution is 0.756. The van der Waals surface area contributed by atoms with Crippen molar-refractivity contribution in [1.82, 2.24) is 9.78 Å². The summed E-state index contributed by atoms with van der Waals surface area (Å²) in [6, 6.07) is 3.32. The van der Waals surface area contributed by atoms with Crippen molar-refractivity contribution in [3.05, 3.63) is 44.7 Å². The molecule has 0 atom stereocenters. The maximum absolute atomic E-state index is 6.09. The minimum atomic E-state index is 0.508. The van der Waals surface area contributed by atoms with Gasteiger partial charge in [0.05, 0.1) is 21.4 Å². The van der Waals surface area contributed by atoms with Gasteiger partial charge in [-0.05, 0) is 19.1 Å². The Kier molecular flexibility index (Phi) is 4.05. The molecule has 0 aliphatic rings. The van der Waals surface area contributed by atoms with Crippen molar-refractivity contribution in [3.8, 4) is 0 Å². The van der Waals surface area contributed by atoms with E-state index in [4.69, 9.17) is 34.8 Å². The number of benzene rings is 1. The van der Waals surface area contributed by atoms with Crippen LogP contribution >= 0.6 is 34.8 Å². The van der Waals surface area contributed by atoms with Gasteiger partial charge in [0.2, 0.25) is 0 Å². The van der Waals surface area contributed by atoms with Crippen molar-refractivity contribution < 1.29 is 0 Å². The molecule has 96 valence electrons. The Balaban J connectivity index is 2.18. The number of hydrogen-bond donors (Lipinski definition) is 1. The predicted octanol–water partition coefficient (Wildman–Crippen LogP) is 4.30. The summed E-state index contributed by atoms with van der Waals surface area (Å²) in [5.74, 6) is 0. The fourth-order valence-corrected chi connectivity index (χ4v) is 2.67. The molecule has 18 heavy (non-hydrogen) atoms. The summed E-state index contributed by atoms with van der Waals surface area (Å²) in [4.78, 5) is 0. The molecule has 0 bridgehead atoms. The summed E-state index contributed by atoms with van der Waals surface area (Å²) < 4.78 is 1.78. The number of rotatable bonds is 3. The molecule has 0 spiro atoms. The largest absolute Gasteiger partial charge is 0.378 e. The molecule has 0 aliphatic carbocycles. The summed E-state index contributed by atoms with van der Waals surface area (Å²) in [7, 11) is 1.89. The molecule has 0 fully saturated rings. The lowest BCUT2D eigenvalue weighted by Gasteiger charge is -2.10. The molecule has 0 aliphatic heterocycles. The molecule has 2 aromatic rings. The average molecular weight is 305 g/mol. The molecule has 0 saturated heterocycles. The summed E-state index contributed by atoms with van der Waals surface area (Å²) in [6.07, 6.45) is 1.96. The van der Waals surface area contributed by atoms with Gasteiger partial charge in [-0.25, -0.2) is 0 Å². The van der Waals surface area contributed by atoms with Gasteiger partial charge in [0, 0.05) is 30.4 Å². The van der Waals surface area contributed by atoms with Crippen molar-refractivity contribution in [2.24, 2.45) is 7.05 Å². The van der Waals surface area contributed by atoms with E-state index < -0.39 is 0 Å². The minimum Gasteiger partial charge on any atom is -0.378 e. The van der Waals surface area contributed by atoms with E-state index in [0.29, 0.717) is 27.3 Å². The van der Waals surface area contributed by atoms with Gasteiger partial charge < -0.3 is 5.32 Å². The van der Waals surface area contributed by atoms with Crippen molar-refractivity contribution >= 4 is 40.5 Å². The molecule has 0 amide bonds. The zero-order chi connectivity index (χ0) is 13.3. The summed E-state index contributed by atoms with van der Waals surface area (Å²) >= 11 is 18.0. The Hall–Kier alpha value is -0.900. The second-order valence-corrected chi connectivity index (χ2v) is 5.26. The maximum atomic E-state index is 6.09. The Morgan fingerprint density at radius 2 is 1.83 bits per heavy atom. The van der Waals surface area contributed by atoms with Crippen molar-refractivity contribution in [1.29, 1.82) is 0 Å². The molecule has 0 radical (unpaired) electrons. The summed E-state index contributed by atoms with van der Waals surface area (Å²) in [5.41, 5.74) is 2.76. The normalized spacial score (nSPS) is 10.7. The average Bonchev–Trinajstić information content (AvgIpc) is 2.55. The van der Waals surface area contributed by atoms with Gasteiger partial charge in [-0.15, -0.1) is 0 Å². The van der Waals surface area contributed by atoms with E-state index in [1.807, 2.05) is 20.2 Å². The fraction of sp³-hybridized carbons (Fsp3) is 0.250. The Morgan fingerprint density at radius 1 is 1.22 bits per heavy atom. The Bertz CT molecular complexity index is 555. The lowest BCUT2D eigenvalue weighted by atomic mass is 10.2. The second-order valence-electron chi connectivity index (χ2n) is 4.01. The minimum absolute atomic E-state index is 0.508. The van der Waals surface area contributed by atoms with Crippen LogP contribution in [0.15, 0.2) is 18.3 Å². The van der Waals surface area contributed by atoms with Crippen molar-refractivity contribution in [2.45, 2.75) is 13.5 Å². The van der Waals surface area contributed by atoms with E-state index >= 15 is 0 Å². The van der Waals surface area contributed by atoms with Crippen LogP contribution in [0.25, 0.3) is 0 Å². The van der Waals surface area contributed by atoms with Crippen LogP contribution in [0.2, 0.25) is 15.1 Å². The lowest BCUT2D eigenvalue weighted by Crippen LogP contribution is -2.01. The number of halogens is 3. The van der Waals surface area contributed by atoms with Crippen molar-refractivity contribution in [2.75, 3.05) is 5.32 Å². The quantitative estimate of drug-likeness (QED) is 0.916. The zero-order valence-corrected chi connectivity index (χ0v) is 12.2. The molecule has 1 N–H and O–H groups in total. The van der Waals surface area contributed by atoms with Crippen LogP contribution in [-0.2, 0) is 13.6 Å². The van der Waals surface area contributed by atoms with E-state index in [1.165, 1.54) is 0 Å². The first-order valence-corrected chi connectivity index (χ1v) is 6.48. The highest BCUT2D eigenvalue weighted by atomic mass is 35.5. The number of anilines is 1. The molecule has 6 heteroatoms. The van der Waals surface area contributed by atoms with Gasteiger partial charge in [0.1, 0.15) is 0 Å². The third-order valence-corrected chi connectivity index (χ3v) is 3.39. The first-order valence-electron chi connectivity index (χ1n) is 5.35. The fourth-order valence-electron chi connectivity index (χ4n) is 1.72. The monoisotopic (exact) mass is 303 g/mol. The van der Waals surface area contributed by atoms with Crippen LogP contribution in [0.3, 0.4) is 0 Å². The summed E-state index contributed by atoms with van der Waals surface area (Å²) in [6.45, 7) is 2.57. The molecular formula is C12H12Cl3N3. The highest BCUT2D eigenvalue weighted by Gasteiger charge is 2.09. The van der Waals surface area contributed by atoms with Crippen LogP contribution in [0.4, 0.5) is 5.69 Å². The van der Waals surface area contributed by atoms with Gasteiger partial charge in [-0.1, -0.05) is 34.8 Å². The number of aryl methyl sites for hydroxylation is 2. The Labute approximate surface area is 121 Å². The third-order valence-electron chi connectivity index (χ3n) is 2.58. The zero-order valence-electron chi connectivity index (χ0n) is 9.97. The van der Waals surface area contributed by atoms with Gasteiger partial charge in [-0.2, -0.15) is 5.10 Å². The van der Waals surface area contributed by atoms with E-state index in [0.717, 1.165) is 11.3 Å². The first-order chi connectivity index (χ1) is 8.47. The number of hydrogen-bond acceptors (Lipinski definition) is 2. The van der Waals surface area contributed by atoms with Crippen LogP contribution in [0.5, 0.6) is 0 Å². The number of nitrogens with one attached hydrogen (secondary N) is 1. The van der Waals surface area contributed by atoms with E-state index in [1.54, 1.807) is 16.8 Å². The van der Waals surface area contributed by atoms with Crippen LogP contribution < -0.4 is 5.32 Å². The molecule has 1 aromatic carbocycles. The molecule has 0 unspecified atom stereocenters. The van der Waals surface area contributed by atoms with Crippen LogP contribution in [-0.4, -0.2) is 9.78 Å². The van der Waals surface area contributed by atoms with E-state index in [9.17, 15) is 0 Å². The van der Waals surface area contributed by atoms with E-state index in [2.05, 4.69) is 10.4 Å². The first kappa shape index (κ1) is 13.5. The van der Waals surface area contributed by atoms with Crippen LogP contribution in [0, 0.1) is 6.92 Å². The standard InChI is InChI=1S/C12H12Cl3N3/c1-7-8(6-18(2)17-7)5-16-12-10(14)3-9(13)4-11(12)15/h3-4,6,16H,5H2,1-2H3. The smallest absolute Gasteiger partial charge is 0.0722 e. The Morgan fingerprint density at radius 3 is 2.33 bits per heavy atom. The molecule has 1 aromatic heterocycles. The SMILES string of the molecule is Cc1nn(C)cc1CNc1c(Cl)cc(Cl)cc1Cl. The van der Waals surface area contributed by atoms with Gasteiger partial charge in [0.25, 0.3) is 0 Å². The van der Waals surface area contributed by atoms with Gasteiger partial charge >= 0.3 is 0 Å². The number of aromatic nitrogens is 2. The van der Waals surface area contributed by atoms with E-state index in [-0.39, 0.29) is 0 Å². The molecular weight excluding hydrogens is 293 g/mol. The van der Waals surface area contributed by atoms with Gasteiger partial charge in [-0.3, -0.25) is 4.68 Å². The molecule has 0 saturated carbocycles. The predicted molar refractivity (Wildman–Crippen MR) is 76.7 cm³/mol. The molecule has 1 heterocycles. The topological polar surface area (TPSA) is 29.9 Å². The van der Waals surface area contributed by atoms with Gasteiger partial charge in [0.15, 0.2) is 0 Å². The molecule has 3 nitrogen and oxygen atoms in total. The summed E-state index contributed by atoms with van der Waals surface area (Å²) in [5, 5.41) is 9.01. The highest BCUT2D eigenvalue weighted by Crippen LogP contribution is 2.33. The second kappa shape index (κ2) is 5.39. The van der Waals surface area contributed by atoms with Crippen LogP contribution in [0.1, 0.15) is 11.3 Å². The molecule has 2 rings (SSSR count). The maximum Gasteiger partial charge on any atom is 0.0722 e. The number of nitrogens with zero attached hydrogens (tertiary/aromatic N) is 2. The van der Waals surface area contributed by atoms with Crippen molar-refractivity contribution in [3.63, 3.8) is 0 Å². The third kappa shape index (κ3) is 2.91.